The number of amides is 2. The molecule has 108 valence electrons. The second-order valence-electron chi connectivity index (χ2n) is 5.88. The molecule has 4 nitrogen and oxygen atoms in total. The van der Waals surface area contributed by atoms with Crippen molar-refractivity contribution >= 4 is 11.8 Å². The number of rotatable bonds is 7. The highest BCUT2D eigenvalue weighted by molar-refractivity contribution is 5.78. The van der Waals surface area contributed by atoms with E-state index in [4.69, 9.17) is 0 Å². The van der Waals surface area contributed by atoms with Gasteiger partial charge >= 0.3 is 0 Å². The van der Waals surface area contributed by atoms with Gasteiger partial charge in [0.15, 0.2) is 0 Å². The van der Waals surface area contributed by atoms with Crippen LogP contribution in [0.4, 0.5) is 0 Å². The molecular weight excluding hydrogens is 240 g/mol. The van der Waals surface area contributed by atoms with Gasteiger partial charge in [0.25, 0.3) is 0 Å². The van der Waals surface area contributed by atoms with Crippen molar-refractivity contribution in [1.29, 1.82) is 0 Å². The van der Waals surface area contributed by atoms with Crippen molar-refractivity contribution in [2.75, 3.05) is 19.6 Å². The summed E-state index contributed by atoms with van der Waals surface area (Å²) in [5, 5.41) is 2.97. The molecule has 0 atom stereocenters. The molecule has 1 saturated carbocycles. The lowest BCUT2D eigenvalue weighted by Gasteiger charge is -2.15. The minimum Gasteiger partial charge on any atom is -0.356 e. The van der Waals surface area contributed by atoms with Crippen molar-refractivity contribution in [1.82, 2.24) is 10.2 Å². The van der Waals surface area contributed by atoms with Gasteiger partial charge in [0, 0.05) is 32.5 Å². The summed E-state index contributed by atoms with van der Waals surface area (Å²) in [6.07, 6.45) is 9.60. The second kappa shape index (κ2) is 7.51. The van der Waals surface area contributed by atoms with Gasteiger partial charge in [-0.25, -0.2) is 0 Å². The number of hydrogen-bond acceptors (Lipinski definition) is 2. The highest BCUT2D eigenvalue weighted by Crippen LogP contribution is 2.28. The first-order chi connectivity index (χ1) is 9.25. The lowest BCUT2D eigenvalue weighted by molar-refractivity contribution is -0.127. The summed E-state index contributed by atoms with van der Waals surface area (Å²) >= 11 is 0. The number of carbonyl (C=O) groups excluding carboxylic acids is 2. The Morgan fingerprint density at radius 2 is 2.05 bits per heavy atom. The van der Waals surface area contributed by atoms with E-state index in [0.29, 0.717) is 19.4 Å². The zero-order chi connectivity index (χ0) is 13.5. The average Bonchev–Trinajstić information content (AvgIpc) is 3.04. The number of carbonyl (C=O) groups is 2. The molecule has 19 heavy (non-hydrogen) atoms. The van der Waals surface area contributed by atoms with Crippen molar-refractivity contribution in [2.24, 2.45) is 5.92 Å². The molecule has 0 radical (unpaired) electrons. The van der Waals surface area contributed by atoms with Crippen LogP contribution in [0.2, 0.25) is 0 Å². The summed E-state index contributed by atoms with van der Waals surface area (Å²) in [5.41, 5.74) is 0. The van der Waals surface area contributed by atoms with Crippen LogP contribution >= 0.6 is 0 Å². The van der Waals surface area contributed by atoms with Crippen LogP contribution in [0.15, 0.2) is 0 Å². The van der Waals surface area contributed by atoms with E-state index in [-0.39, 0.29) is 11.8 Å². The molecule has 2 aliphatic rings. The molecule has 0 aromatic carbocycles. The van der Waals surface area contributed by atoms with Gasteiger partial charge in [0.2, 0.25) is 11.8 Å². The van der Waals surface area contributed by atoms with Gasteiger partial charge in [0.05, 0.1) is 0 Å². The lowest BCUT2D eigenvalue weighted by atomic mass is 10.0. The number of hydrogen-bond donors (Lipinski definition) is 1. The minimum atomic E-state index is 0.180. The van der Waals surface area contributed by atoms with Crippen LogP contribution in [0, 0.1) is 5.92 Å². The Hall–Kier alpha value is -1.06. The quantitative estimate of drug-likeness (QED) is 0.717. The van der Waals surface area contributed by atoms with Crippen molar-refractivity contribution < 1.29 is 9.59 Å². The van der Waals surface area contributed by atoms with Crippen molar-refractivity contribution in [3.63, 3.8) is 0 Å². The third-order valence-electron chi connectivity index (χ3n) is 4.35. The third kappa shape index (κ3) is 4.84. The molecule has 1 heterocycles. The summed E-state index contributed by atoms with van der Waals surface area (Å²) in [7, 11) is 0. The van der Waals surface area contributed by atoms with Crippen molar-refractivity contribution in [3.8, 4) is 0 Å². The molecule has 1 saturated heterocycles. The molecule has 0 aromatic rings. The zero-order valence-corrected chi connectivity index (χ0v) is 11.8. The van der Waals surface area contributed by atoms with E-state index in [1.54, 1.807) is 0 Å². The van der Waals surface area contributed by atoms with E-state index in [1.165, 1.54) is 25.7 Å². The summed E-state index contributed by atoms with van der Waals surface area (Å²) < 4.78 is 0. The Labute approximate surface area is 115 Å². The molecule has 1 aliphatic carbocycles. The van der Waals surface area contributed by atoms with E-state index < -0.39 is 0 Å². The summed E-state index contributed by atoms with van der Waals surface area (Å²) in [6.45, 7) is 2.39. The number of nitrogens with one attached hydrogen (secondary N) is 1. The Morgan fingerprint density at radius 3 is 2.74 bits per heavy atom. The smallest absolute Gasteiger partial charge is 0.222 e. The Kier molecular flexibility index (Phi) is 5.67. The predicted octanol–water partition coefficient (Wildman–Crippen LogP) is 2.09. The Balaban J connectivity index is 1.48. The van der Waals surface area contributed by atoms with Gasteiger partial charge in [-0.1, -0.05) is 25.7 Å². The van der Waals surface area contributed by atoms with Crippen LogP contribution in [0.5, 0.6) is 0 Å². The number of nitrogens with zero attached hydrogens (tertiary/aromatic N) is 1. The Bertz CT molecular complexity index is 311. The zero-order valence-electron chi connectivity index (χ0n) is 11.8. The SMILES string of the molecule is O=C(CCC1CCCC1)NCCCN1CCCC1=O. The Morgan fingerprint density at radius 1 is 1.26 bits per heavy atom. The van der Waals surface area contributed by atoms with Crippen LogP contribution in [-0.2, 0) is 9.59 Å². The molecule has 0 unspecified atom stereocenters. The van der Waals surface area contributed by atoms with E-state index in [1.807, 2.05) is 4.90 Å². The highest BCUT2D eigenvalue weighted by Gasteiger charge is 2.19. The maximum absolute atomic E-state index is 11.7. The number of likely N-dealkylation sites (tertiary alicyclic amines) is 1. The fourth-order valence-electron chi connectivity index (χ4n) is 3.16. The van der Waals surface area contributed by atoms with E-state index in [0.717, 1.165) is 38.3 Å². The van der Waals surface area contributed by atoms with Crippen LogP contribution in [-0.4, -0.2) is 36.3 Å². The van der Waals surface area contributed by atoms with E-state index >= 15 is 0 Å². The first-order valence-corrected chi connectivity index (χ1v) is 7.80. The van der Waals surface area contributed by atoms with Crippen molar-refractivity contribution in [2.45, 2.75) is 57.8 Å². The molecule has 1 aliphatic heterocycles. The first kappa shape index (κ1) is 14.4. The van der Waals surface area contributed by atoms with Gasteiger partial charge in [-0.2, -0.15) is 0 Å². The van der Waals surface area contributed by atoms with Gasteiger partial charge in [-0.3, -0.25) is 9.59 Å². The standard InChI is InChI=1S/C15H26N2O2/c18-14(9-8-13-5-1-2-6-13)16-10-4-12-17-11-3-7-15(17)19/h13H,1-12H2,(H,16,18). The fraction of sp³-hybridized carbons (Fsp3) is 0.867. The normalized spacial score (nSPS) is 20.2. The van der Waals surface area contributed by atoms with Crippen LogP contribution < -0.4 is 5.32 Å². The molecule has 2 amide bonds. The molecule has 0 aromatic heterocycles. The first-order valence-electron chi connectivity index (χ1n) is 7.80. The topological polar surface area (TPSA) is 49.4 Å². The molecule has 1 N–H and O–H groups in total. The molecule has 0 spiro atoms. The minimum absolute atomic E-state index is 0.180. The third-order valence-corrected chi connectivity index (χ3v) is 4.35. The van der Waals surface area contributed by atoms with Gasteiger partial charge in [-0.05, 0) is 25.2 Å². The predicted molar refractivity (Wildman–Crippen MR) is 74.6 cm³/mol. The van der Waals surface area contributed by atoms with Gasteiger partial charge < -0.3 is 10.2 Å². The molecule has 2 rings (SSSR count). The summed E-state index contributed by atoms with van der Waals surface area (Å²) in [5.74, 6) is 1.24. The molecule has 4 heteroatoms. The fourth-order valence-corrected chi connectivity index (χ4v) is 3.16. The summed E-state index contributed by atoms with van der Waals surface area (Å²) in [6, 6.07) is 0. The van der Waals surface area contributed by atoms with E-state index in [2.05, 4.69) is 5.32 Å². The van der Waals surface area contributed by atoms with Crippen LogP contribution in [0.3, 0.4) is 0 Å². The molecule has 2 fully saturated rings. The maximum Gasteiger partial charge on any atom is 0.222 e. The monoisotopic (exact) mass is 266 g/mol. The lowest BCUT2D eigenvalue weighted by Crippen LogP contribution is -2.30. The van der Waals surface area contributed by atoms with Crippen LogP contribution in [0.1, 0.15) is 57.8 Å². The second-order valence-corrected chi connectivity index (χ2v) is 5.88. The molecular formula is C15H26N2O2. The largest absolute Gasteiger partial charge is 0.356 e. The van der Waals surface area contributed by atoms with Gasteiger partial charge in [-0.15, -0.1) is 0 Å². The van der Waals surface area contributed by atoms with Crippen LogP contribution in [0.25, 0.3) is 0 Å². The molecule has 0 bridgehead atoms. The van der Waals surface area contributed by atoms with Crippen molar-refractivity contribution in [3.05, 3.63) is 0 Å². The van der Waals surface area contributed by atoms with E-state index in [9.17, 15) is 9.59 Å². The summed E-state index contributed by atoms with van der Waals surface area (Å²) in [4.78, 5) is 25.0. The average molecular weight is 266 g/mol. The highest BCUT2D eigenvalue weighted by atomic mass is 16.2. The maximum atomic E-state index is 11.7. The van der Waals surface area contributed by atoms with Gasteiger partial charge in [0.1, 0.15) is 0 Å².